The van der Waals surface area contributed by atoms with Gasteiger partial charge in [-0.3, -0.25) is 9.69 Å². The second-order valence-electron chi connectivity index (χ2n) is 5.93. The number of hydrogen-bond acceptors (Lipinski definition) is 3. The van der Waals surface area contributed by atoms with Crippen molar-refractivity contribution in [2.24, 2.45) is 5.92 Å². The van der Waals surface area contributed by atoms with Gasteiger partial charge in [-0.2, -0.15) is 11.3 Å². The average Bonchev–Trinajstić information content (AvgIpc) is 3.09. The van der Waals surface area contributed by atoms with Crippen LogP contribution in [0.5, 0.6) is 0 Å². The molecule has 2 heterocycles. The van der Waals surface area contributed by atoms with Gasteiger partial charge in [0.25, 0.3) is 5.91 Å². The second kappa shape index (κ2) is 7.56. The molecule has 4 heteroatoms. The van der Waals surface area contributed by atoms with Crippen molar-refractivity contribution < 1.29 is 4.79 Å². The maximum absolute atomic E-state index is 11.9. The molecule has 1 aromatic carbocycles. The predicted octanol–water partition coefficient (Wildman–Crippen LogP) is 3.39. The highest BCUT2D eigenvalue weighted by Crippen LogP contribution is 2.18. The molecule has 0 atom stereocenters. The van der Waals surface area contributed by atoms with Gasteiger partial charge in [-0.1, -0.05) is 30.3 Å². The van der Waals surface area contributed by atoms with Crippen molar-refractivity contribution in [1.29, 1.82) is 0 Å². The third-order valence-corrected chi connectivity index (χ3v) is 4.97. The Morgan fingerprint density at radius 2 is 1.95 bits per heavy atom. The minimum Gasteiger partial charge on any atom is -0.352 e. The molecule has 0 unspecified atom stereocenters. The number of thiophene rings is 1. The summed E-state index contributed by atoms with van der Waals surface area (Å²) in [6.07, 6.45) is 2.33. The quantitative estimate of drug-likeness (QED) is 0.917. The summed E-state index contributed by atoms with van der Waals surface area (Å²) in [6.45, 7) is 4.07. The molecule has 1 aromatic heterocycles. The van der Waals surface area contributed by atoms with Crippen molar-refractivity contribution in [2.75, 3.05) is 19.6 Å². The molecular weight excluding hydrogens is 292 g/mol. The van der Waals surface area contributed by atoms with Gasteiger partial charge in [-0.05, 0) is 48.9 Å². The number of likely N-dealkylation sites (tertiary alicyclic amines) is 1. The summed E-state index contributed by atoms with van der Waals surface area (Å²) in [5, 5.41) is 6.91. The molecular formula is C18H22N2OS. The third kappa shape index (κ3) is 4.18. The van der Waals surface area contributed by atoms with Crippen LogP contribution in [-0.2, 0) is 6.54 Å². The highest BCUT2D eigenvalue weighted by Gasteiger charge is 2.20. The zero-order valence-corrected chi connectivity index (χ0v) is 13.5. The molecule has 0 spiro atoms. The molecule has 2 aromatic rings. The van der Waals surface area contributed by atoms with Crippen LogP contribution in [0, 0.1) is 5.92 Å². The van der Waals surface area contributed by atoms with E-state index in [0.717, 1.165) is 44.6 Å². The van der Waals surface area contributed by atoms with Crippen molar-refractivity contribution in [3.05, 3.63) is 58.3 Å². The number of nitrogens with zero attached hydrogens (tertiary/aromatic N) is 1. The molecule has 3 nitrogen and oxygen atoms in total. The molecule has 116 valence electrons. The Kier molecular flexibility index (Phi) is 5.24. The van der Waals surface area contributed by atoms with Gasteiger partial charge in [0.05, 0.1) is 0 Å². The first-order valence-corrected chi connectivity index (χ1v) is 8.82. The summed E-state index contributed by atoms with van der Waals surface area (Å²) in [6, 6.07) is 12.5. The molecule has 0 saturated carbocycles. The summed E-state index contributed by atoms with van der Waals surface area (Å²) in [7, 11) is 0. The first-order chi connectivity index (χ1) is 10.8. The van der Waals surface area contributed by atoms with Crippen LogP contribution in [-0.4, -0.2) is 30.4 Å². The number of amides is 1. The summed E-state index contributed by atoms with van der Waals surface area (Å²) in [5.74, 6) is 0.669. The van der Waals surface area contributed by atoms with Crippen LogP contribution in [0.2, 0.25) is 0 Å². The highest BCUT2D eigenvalue weighted by atomic mass is 32.1. The van der Waals surface area contributed by atoms with E-state index in [1.54, 1.807) is 11.3 Å². The maximum Gasteiger partial charge on any atom is 0.252 e. The Bertz CT molecular complexity index is 574. The number of rotatable bonds is 5. The van der Waals surface area contributed by atoms with E-state index in [2.05, 4.69) is 40.5 Å². The minimum absolute atomic E-state index is 0.0629. The van der Waals surface area contributed by atoms with Crippen LogP contribution in [0.15, 0.2) is 47.2 Å². The van der Waals surface area contributed by atoms with Crippen molar-refractivity contribution in [1.82, 2.24) is 10.2 Å². The minimum atomic E-state index is 0.0629. The fourth-order valence-electron chi connectivity index (χ4n) is 2.92. The Hall–Kier alpha value is -1.65. The number of hydrogen-bond donors (Lipinski definition) is 1. The molecule has 1 fully saturated rings. The number of benzene rings is 1. The van der Waals surface area contributed by atoms with E-state index < -0.39 is 0 Å². The second-order valence-corrected chi connectivity index (χ2v) is 6.71. The highest BCUT2D eigenvalue weighted by molar-refractivity contribution is 7.08. The standard InChI is InChI=1S/C18H22N2OS/c21-18(17-8-11-22-14-17)19-12-15-6-9-20(10-7-15)13-16-4-2-1-3-5-16/h1-5,8,11,14-15H,6-7,9-10,12-13H2,(H,19,21). The smallest absolute Gasteiger partial charge is 0.252 e. The molecule has 0 aliphatic carbocycles. The van der Waals surface area contributed by atoms with Gasteiger partial charge in [-0.25, -0.2) is 0 Å². The lowest BCUT2D eigenvalue weighted by Crippen LogP contribution is -2.38. The molecule has 1 aliphatic rings. The van der Waals surface area contributed by atoms with E-state index in [-0.39, 0.29) is 5.91 Å². The van der Waals surface area contributed by atoms with Crippen molar-refractivity contribution in [2.45, 2.75) is 19.4 Å². The average molecular weight is 314 g/mol. The first kappa shape index (κ1) is 15.3. The van der Waals surface area contributed by atoms with Gasteiger partial charge < -0.3 is 5.32 Å². The van der Waals surface area contributed by atoms with E-state index in [1.165, 1.54) is 5.56 Å². The predicted molar refractivity (Wildman–Crippen MR) is 91.1 cm³/mol. The van der Waals surface area contributed by atoms with E-state index in [0.29, 0.717) is 5.92 Å². The first-order valence-electron chi connectivity index (χ1n) is 7.88. The fourth-order valence-corrected chi connectivity index (χ4v) is 3.56. The summed E-state index contributed by atoms with van der Waals surface area (Å²) in [5.41, 5.74) is 2.17. The molecule has 0 bridgehead atoms. The van der Waals surface area contributed by atoms with Crippen molar-refractivity contribution >= 4 is 17.2 Å². The fraction of sp³-hybridized carbons (Fsp3) is 0.389. The normalized spacial score (nSPS) is 16.5. The molecule has 0 radical (unpaired) electrons. The lowest BCUT2D eigenvalue weighted by molar-refractivity contribution is 0.0935. The summed E-state index contributed by atoms with van der Waals surface area (Å²) in [4.78, 5) is 14.4. The Balaban J connectivity index is 1.39. The van der Waals surface area contributed by atoms with Crippen LogP contribution >= 0.6 is 11.3 Å². The van der Waals surface area contributed by atoms with E-state index >= 15 is 0 Å². The van der Waals surface area contributed by atoms with E-state index in [1.807, 2.05) is 16.8 Å². The Labute approximate surface area is 136 Å². The summed E-state index contributed by atoms with van der Waals surface area (Å²) >= 11 is 1.56. The monoisotopic (exact) mass is 314 g/mol. The zero-order valence-electron chi connectivity index (χ0n) is 12.7. The number of piperidine rings is 1. The Morgan fingerprint density at radius 1 is 1.18 bits per heavy atom. The topological polar surface area (TPSA) is 32.3 Å². The van der Waals surface area contributed by atoms with Crippen molar-refractivity contribution in [3.63, 3.8) is 0 Å². The zero-order chi connectivity index (χ0) is 15.2. The van der Waals surface area contributed by atoms with Crippen LogP contribution in [0.3, 0.4) is 0 Å². The number of carbonyl (C=O) groups is 1. The van der Waals surface area contributed by atoms with Crippen LogP contribution in [0.4, 0.5) is 0 Å². The molecule has 3 rings (SSSR count). The molecule has 1 N–H and O–H groups in total. The number of nitrogens with one attached hydrogen (secondary N) is 1. The van der Waals surface area contributed by atoms with Gasteiger partial charge in [-0.15, -0.1) is 0 Å². The largest absolute Gasteiger partial charge is 0.352 e. The van der Waals surface area contributed by atoms with Crippen LogP contribution in [0.1, 0.15) is 28.8 Å². The van der Waals surface area contributed by atoms with E-state index in [9.17, 15) is 4.79 Å². The SMILES string of the molecule is O=C(NCC1CCN(Cc2ccccc2)CC1)c1ccsc1. The lowest BCUT2D eigenvalue weighted by atomic mass is 9.96. The van der Waals surface area contributed by atoms with Gasteiger partial charge in [0.15, 0.2) is 0 Å². The molecule has 22 heavy (non-hydrogen) atoms. The Morgan fingerprint density at radius 3 is 2.64 bits per heavy atom. The third-order valence-electron chi connectivity index (χ3n) is 4.29. The van der Waals surface area contributed by atoms with Gasteiger partial charge in [0, 0.05) is 24.0 Å². The van der Waals surface area contributed by atoms with Crippen LogP contribution in [0.25, 0.3) is 0 Å². The van der Waals surface area contributed by atoms with Gasteiger partial charge in [0.1, 0.15) is 0 Å². The molecule has 1 aliphatic heterocycles. The lowest BCUT2D eigenvalue weighted by Gasteiger charge is -2.32. The van der Waals surface area contributed by atoms with Crippen molar-refractivity contribution in [3.8, 4) is 0 Å². The summed E-state index contributed by atoms with van der Waals surface area (Å²) < 4.78 is 0. The molecule has 1 saturated heterocycles. The maximum atomic E-state index is 11.9. The van der Waals surface area contributed by atoms with Gasteiger partial charge >= 0.3 is 0 Å². The number of carbonyl (C=O) groups excluding carboxylic acids is 1. The molecule has 1 amide bonds. The van der Waals surface area contributed by atoms with Gasteiger partial charge in [0.2, 0.25) is 0 Å². The van der Waals surface area contributed by atoms with E-state index in [4.69, 9.17) is 0 Å². The van der Waals surface area contributed by atoms with Crippen LogP contribution < -0.4 is 5.32 Å².